The van der Waals surface area contributed by atoms with Gasteiger partial charge in [-0.1, -0.05) is 11.3 Å². The summed E-state index contributed by atoms with van der Waals surface area (Å²) in [5.41, 5.74) is 0. The van der Waals surface area contributed by atoms with Gasteiger partial charge in [-0.3, -0.25) is 0 Å². The van der Waals surface area contributed by atoms with Crippen molar-refractivity contribution in [2.75, 3.05) is 13.7 Å². The van der Waals surface area contributed by atoms with Crippen LogP contribution in [0, 0.1) is 0 Å². The van der Waals surface area contributed by atoms with Gasteiger partial charge in [0.2, 0.25) is 0 Å². The molecule has 0 saturated heterocycles. The van der Waals surface area contributed by atoms with Crippen molar-refractivity contribution in [3.8, 4) is 0 Å². The van der Waals surface area contributed by atoms with Gasteiger partial charge in [-0.2, -0.15) is 13.2 Å². The van der Waals surface area contributed by atoms with Gasteiger partial charge in [-0.05, 0) is 14.0 Å². The lowest BCUT2D eigenvalue weighted by atomic mass is 10.4. The second-order valence-electron chi connectivity index (χ2n) is 3.15. The van der Waals surface area contributed by atoms with E-state index in [1.165, 1.54) is 11.3 Å². The molecule has 1 heterocycles. The van der Waals surface area contributed by atoms with Crippen molar-refractivity contribution in [1.82, 2.24) is 15.5 Å². The minimum atomic E-state index is -4.30. The molecule has 1 aromatic heterocycles. The van der Waals surface area contributed by atoms with Gasteiger partial charge >= 0.3 is 6.18 Å². The molecule has 0 aliphatic heterocycles. The molecule has 1 N–H and O–H groups in total. The van der Waals surface area contributed by atoms with Gasteiger partial charge in [-0.15, -0.1) is 10.2 Å². The predicted molar refractivity (Wildman–Crippen MR) is 53.1 cm³/mol. The lowest BCUT2D eigenvalue weighted by Gasteiger charge is -2.05. The summed E-state index contributed by atoms with van der Waals surface area (Å²) in [6, 6.07) is 0.0360. The minimum Gasteiger partial charge on any atom is -0.365 e. The summed E-state index contributed by atoms with van der Waals surface area (Å²) in [7, 11) is 1.77. The van der Waals surface area contributed by atoms with Crippen LogP contribution < -0.4 is 5.32 Å². The van der Waals surface area contributed by atoms with E-state index in [4.69, 9.17) is 0 Å². The van der Waals surface area contributed by atoms with Crippen LogP contribution in [0.4, 0.5) is 13.2 Å². The SMILES string of the molecule is CNC(C)c1nnc(COCC(F)(F)F)s1. The van der Waals surface area contributed by atoms with Gasteiger partial charge in [0.1, 0.15) is 23.2 Å². The largest absolute Gasteiger partial charge is 0.411 e. The zero-order valence-corrected chi connectivity index (χ0v) is 9.65. The average molecular weight is 255 g/mol. The smallest absolute Gasteiger partial charge is 0.365 e. The Morgan fingerprint density at radius 2 is 2.12 bits per heavy atom. The molecule has 16 heavy (non-hydrogen) atoms. The highest BCUT2D eigenvalue weighted by Gasteiger charge is 2.27. The molecule has 1 rings (SSSR count). The normalized spacial score (nSPS) is 14.1. The molecular formula is C8H12F3N3OS. The van der Waals surface area contributed by atoms with Crippen LogP contribution in [0.5, 0.6) is 0 Å². The first-order valence-corrected chi connectivity index (χ1v) is 5.38. The first-order valence-electron chi connectivity index (χ1n) is 4.56. The Hall–Kier alpha value is -0.730. The van der Waals surface area contributed by atoms with E-state index in [1.54, 1.807) is 7.05 Å². The highest BCUT2D eigenvalue weighted by atomic mass is 32.1. The fourth-order valence-electron chi connectivity index (χ4n) is 0.877. The van der Waals surface area contributed by atoms with E-state index in [2.05, 4.69) is 20.3 Å². The molecule has 4 nitrogen and oxygen atoms in total. The van der Waals surface area contributed by atoms with Crippen molar-refractivity contribution in [2.24, 2.45) is 0 Å². The molecule has 0 aromatic carbocycles. The average Bonchev–Trinajstić information content (AvgIpc) is 2.63. The minimum absolute atomic E-state index is 0.0360. The number of alkyl halides is 3. The third-order valence-corrected chi connectivity index (χ3v) is 2.86. The van der Waals surface area contributed by atoms with Crippen molar-refractivity contribution in [3.63, 3.8) is 0 Å². The van der Waals surface area contributed by atoms with Crippen molar-refractivity contribution in [2.45, 2.75) is 25.7 Å². The monoisotopic (exact) mass is 255 g/mol. The van der Waals surface area contributed by atoms with E-state index in [1.807, 2.05) is 6.92 Å². The second-order valence-corrected chi connectivity index (χ2v) is 4.25. The van der Waals surface area contributed by atoms with E-state index in [0.29, 0.717) is 5.01 Å². The molecule has 0 amide bonds. The van der Waals surface area contributed by atoms with Crippen LogP contribution in [0.15, 0.2) is 0 Å². The summed E-state index contributed by atoms with van der Waals surface area (Å²) in [4.78, 5) is 0. The lowest BCUT2D eigenvalue weighted by Crippen LogP contribution is -2.16. The van der Waals surface area contributed by atoms with E-state index >= 15 is 0 Å². The summed E-state index contributed by atoms with van der Waals surface area (Å²) >= 11 is 1.24. The Morgan fingerprint density at radius 1 is 1.44 bits per heavy atom. The van der Waals surface area contributed by atoms with Crippen LogP contribution in [0.3, 0.4) is 0 Å². The summed E-state index contributed by atoms with van der Waals surface area (Å²) in [5, 5.41) is 11.7. The van der Waals surface area contributed by atoms with Crippen LogP contribution in [-0.4, -0.2) is 30.0 Å². The number of rotatable bonds is 5. The van der Waals surface area contributed by atoms with Crippen LogP contribution in [0.25, 0.3) is 0 Å². The summed E-state index contributed by atoms with van der Waals surface area (Å²) < 4.78 is 39.8. The molecule has 0 aliphatic carbocycles. The molecule has 0 saturated carbocycles. The Balaban J connectivity index is 2.41. The second kappa shape index (κ2) is 5.55. The van der Waals surface area contributed by atoms with Crippen LogP contribution in [-0.2, 0) is 11.3 Å². The molecule has 1 aromatic rings. The lowest BCUT2D eigenvalue weighted by molar-refractivity contribution is -0.176. The number of nitrogens with one attached hydrogen (secondary N) is 1. The fourth-order valence-corrected chi connectivity index (χ4v) is 1.72. The molecule has 1 unspecified atom stereocenters. The Kier molecular flexibility index (Phi) is 4.63. The molecule has 0 bridgehead atoms. The standard InChI is InChI=1S/C8H12F3N3OS/c1-5(12-2)7-14-13-6(16-7)3-15-4-8(9,10)11/h5,12H,3-4H2,1-2H3. The van der Waals surface area contributed by atoms with Gasteiger partial charge in [0.05, 0.1) is 6.04 Å². The van der Waals surface area contributed by atoms with Crippen LogP contribution in [0.1, 0.15) is 23.0 Å². The number of nitrogens with zero attached hydrogens (tertiary/aromatic N) is 2. The summed E-state index contributed by atoms with van der Waals surface area (Å²) in [6.45, 7) is 0.470. The highest BCUT2D eigenvalue weighted by molar-refractivity contribution is 7.11. The summed E-state index contributed by atoms with van der Waals surface area (Å²) in [6.07, 6.45) is -4.30. The van der Waals surface area contributed by atoms with Gasteiger partial charge < -0.3 is 10.1 Å². The fraction of sp³-hybridized carbons (Fsp3) is 0.750. The quantitative estimate of drug-likeness (QED) is 0.873. The zero-order valence-electron chi connectivity index (χ0n) is 8.84. The molecule has 0 fully saturated rings. The Morgan fingerprint density at radius 3 is 2.69 bits per heavy atom. The number of hydrogen-bond acceptors (Lipinski definition) is 5. The zero-order chi connectivity index (χ0) is 12.2. The first-order chi connectivity index (χ1) is 7.42. The number of halogens is 3. The Labute approximate surface area is 94.8 Å². The predicted octanol–water partition coefficient (Wildman–Crippen LogP) is 1.90. The third-order valence-electron chi connectivity index (χ3n) is 1.78. The molecule has 0 radical (unpaired) electrons. The maximum atomic E-state index is 11.8. The summed E-state index contributed by atoms with van der Waals surface area (Å²) in [5.74, 6) is 0. The highest BCUT2D eigenvalue weighted by Crippen LogP contribution is 2.19. The van der Waals surface area contributed by atoms with E-state index in [9.17, 15) is 13.2 Å². The van der Waals surface area contributed by atoms with Gasteiger partial charge in [0, 0.05) is 0 Å². The molecule has 0 spiro atoms. The topological polar surface area (TPSA) is 47.0 Å². The van der Waals surface area contributed by atoms with E-state index in [-0.39, 0.29) is 12.6 Å². The van der Waals surface area contributed by atoms with Crippen LogP contribution in [0.2, 0.25) is 0 Å². The van der Waals surface area contributed by atoms with E-state index in [0.717, 1.165) is 5.01 Å². The van der Waals surface area contributed by atoms with Crippen molar-refractivity contribution < 1.29 is 17.9 Å². The molecular weight excluding hydrogens is 243 g/mol. The van der Waals surface area contributed by atoms with Crippen molar-refractivity contribution in [1.29, 1.82) is 0 Å². The number of aromatic nitrogens is 2. The van der Waals surface area contributed by atoms with Crippen LogP contribution >= 0.6 is 11.3 Å². The first kappa shape index (κ1) is 13.3. The van der Waals surface area contributed by atoms with Crippen molar-refractivity contribution >= 4 is 11.3 Å². The van der Waals surface area contributed by atoms with Gasteiger partial charge in [0.15, 0.2) is 0 Å². The molecule has 8 heteroatoms. The van der Waals surface area contributed by atoms with E-state index < -0.39 is 12.8 Å². The van der Waals surface area contributed by atoms with Crippen molar-refractivity contribution in [3.05, 3.63) is 10.0 Å². The van der Waals surface area contributed by atoms with Gasteiger partial charge in [-0.25, -0.2) is 0 Å². The third kappa shape index (κ3) is 4.42. The maximum absolute atomic E-state index is 11.8. The molecule has 92 valence electrons. The maximum Gasteiger partial charge on any atom is 0.411 e. The Bertz CT molecular complexity index is 329. The molecule has 1 atom stereocenters. The number of hydrogen-bond donors (Lipinski definition) is 1. The molecule has 0 aliphatic rings. The number of ether oxygens (including phenoxy) is 1. The van der Waals surface area contributed by atoms with Gasteiger partial charge in [0.25, 0.3) is 0 Å².